The van der Waals surface area contributed by atoms with Crippen LogP contribution in [-0.2, 0) is 14.8 Å². The van der Waals surface area contributed by atoms with Crippen LogP contribution >= 0.6 is 11.3 Å². The number of anilines is 1. The van der Waals surface area contributed by atoms with E-state index in [1.54, 1.807) is 24.5 Å². The van der Waals surface area contributed by atoms with Gasteiger partial charge in [-0.05, 0) is 44.2 Å². The van der Waals surface area contributed by atoms with Gasteiger partial charge in [0.1, 0.15) is 5.69 Å². The largest absolute Gasteiger partial charge is 0.477 e. The Hall–Kier alpha value is -3.16. The summed E-state index contributed by atoms with van der Waals surface area (Å²) in [5.41, 5.74) is 7.71. The van der Waals surface area contributed by atoms with Crippen molar-refractivity contribution in [3.05, 3.63) is 47.1 Å². The van der Waals surface area contributed by atoms with Crippen molar-refractivity contribution >= 4 is 33.0 Å². The molecule has 4 heterocycles. The molecule has 13 heteroatoms. The molecule has 0 spiro atoms. The zero-order valence-electron chi connectivity index (χ0n) is 19.6. The standard InChI is InChI=1S/C23H26N6O5S2/c1-2-34-18-11-25-10-17(27-18)21-20(28-23(35-21)22(24)30)19(13-6-8-33-12-13)16-9-14(5-7-26-16)29-36(31,32)15-3-4-15/h5,7,9-11,13,15,19H,2-4,6,8,12H2,1H3,(H2,24,30)(H,26,29)/t13-,19-/m0/s1. The number of sulfonamides is 1. The monoisotopic (exact) mass is 530 g/mol. The Balaban J connectivity index is 1.60. The molecule has 0 bridgehead atoms. The predicted octanol–water partition coefficient (Wildman–Crippen LogP) is 2.57. The summed E-state index contributed by atoms with van der Waals surface area (Å²) in [4.78, 5) is 30.7. The van der Waals surface area contributed by atoms with Crippen LogP contribution in [0.4, 0.5) is 5.69 Å². The molecule has 2 atom stereocenters. The van der Waals surface area contributed by atoms with E-state index >= 15 is 0 Å². The lowest BCUT2D eigenvalue weighted by Gasteiger charge is -2.22. The van der Waals surface area contributed by atoms with Crippen molar-refractivity contribution in [2.75, 3.05) is 24.5 Å². The van der Waals surface area contributed by atoms with E-state index in [1.165, 1.54) is 6.20 Å². The molecule has 1 saturated heterocycles. The van der Waals surface area contributed by atoms with Gasteiger partial charge in [-0.25, -0.2) is 18.4 Å². The maximum absolute atomic E-state index is 12.5. The van der Waals surface area contributed by atoms with Gasteiger partial charge >= 0.3 is 0 Å². The fraction of sp³-hybridized carbons (Fsp3) is 0.435. The summed E-state index contributed by atoms with van der Waals surface area (Å²) in [7, 11) is -3.44. The predicted molar refractivity (Wildman–Crippen MR) is 133 cm³/mol. The molecule has 2 aliphatic rings. The highest BCUT2D eigenvalue weighted by Gasteiger charge is 2.37. The van der Waals surface area contributed by atoms with Crippen LogP contribution in [-0.4, -0.2) is 59.3 Å². The number of primary amides is 1. The van der Waals surface area contributed by atoms with Gasteiger partial charge in [0.2, 0.25) is 15.9 Å². The first-order valence-corrected chi connectivity index (χ1v) is 14.0. The highest BCUT2D eigenvalue weighted by atomic mass is 32.2. The summed E-state index contributed by atoms with van der Waals surface area (Å²) in [6, 6.07) is 3.34. The van der Waals surface area contributed by atoms with Gasteiger partial charge in [-0.1, -0.05) is 0 Å². The molecule has 1 amide bonds. The Kier molecular flexibility index (Phi) is 6.86. The number of amides is 1. The number of rotatable bonds is 10. The Morgan fingerprint density at radius 3 is 2.83 bits per heavy atom. The van der Waals surface area contributed by atoms with Crippen molar-refractivity contribution in [3.8, 4) is 16.5 Å². The van der Waals surface area contributed by atoms with Gasteiger partial charge < -0.3 is 15.2 Å². The summed E-state index contributed by atoms with van der Waals surface area (Å²) in [6.45, 7) is 3.33. The van der Waals surface area contributed by atoms with Crippen molar-refractivity contribution in [1.29, 1.82) is 0 Å². The van der Waals surface area contributed by atoms with Gasteiger partial charge in [-0.15, -0.1) is 11.3 Å². The number of nitrogens with zero attached hydrogens (tertiary/aromatic N) is 4. The molecule has 2 fully saturated rings. The molecule has 190 valence electrons. The number of pyridine rings is 1. The molecule has 11 nitrogen and oxygen atoms in total. The average Bonchev–Trinajstić information content (AvgIpc) is 3.42. The maximum Gasteiger partial charge on any atom is 0.277 e. The molecule has 3 aromatic heterocycles. The van der Waals surface area contributed by atoms with E-state index in [0.29, 0.717) is 66.2 Å². The average molecular weight is 531 g/mol. The van der Waals surface area contributed by atoms with Gasteiger partial charge in [0.25, 0.3) is 5.91 Å². The van der Waals surface area contributed by atoms with E-state index in [-0.39, 0.29) is 16.2 Å². The lowest BCUT2D eigenvalue weighted by molar-refractivity contribution is 0.0999. The zero-order valence-corrected chi connectivity index (χ0v) is 21.2. The van der Waals surface area contributed by atoms with Crippen molar-refractivity contribution < 1.29 is 22.7 Å². The summed E-state index contributed by atoms with van der Waals surface area (Å²) < 4.78 is 38.9. The molecular formula is C23H26N6O5S2. The normalized spacial score (nSPS) is 18.6. The third-order valence-electron chi connectivity index (χ3n) is 6.06. The molecule has 1 saturated carbocycles. The molecule has 3 N–H and O–H groups in total. The number of carbonyl (C=O) groups excluding carboxylic acids is 1. The first-order valence-electron chi connectivity index (χ1n) is 11.7. The highest BCUT2D eigenvalue weighted by molar-refractivity contribution is 7.93. The number of nitrogens with one attached hydrogen (secondary N) is 1. The topological polar surface area (TPSA) is 159 Å². The number of hydrogen-bond acceptors (Lipinski definition) is 10. The SMILES string of the molecule is CCOc1cncc(-c2sc(C(N)=O)nc2[C@H](c2cc(NS(=O)(=O)C3CC3)ccn2)[C@H]2CCOC2)n1. The number of carbonyl (C=O) groups is 1. The lowest BCUT2D eigenvalue weighted by atomic mass is 9.84. The minimum absolute atomic E-state index is 0.00241. The Morgan fingerprint density at radius 1 is 1.31 bits per heavy atom. The minimum atomic E-state index is -3.44. The number of ether oxygens (including phenoxy) is 2. The smallest absolute Gasteiger partial charge is 0.277 e. The molecule has 1 aliphatic heterocycles. The second kappa shape index (κ2) is 10.1. The first-order chi connectivity index (χ1) is 17.4. The third kappa shape index (κ3) is 5.18. The second-order valence-corrected chi connectivity index (χ2v) is 11.7. The summed E-state index contributed by atoms with van der Waals surface area (Å²) in [5.74, 6) is -0.695. The minimum Gasteiger partial charge on any atom is -0.477 e. The maximum atomic E-state index is 12.5. The number of hydrogen-bond donors (Lipinski definition) is 2. The van der Waals surface area contributed by atoms with Crippen LogP contribution in [0.1, 0.15) is 53.3 Å². The van der Waals surface area contributed by atoms with Crippen LogP contribution in [0.25, 0.3) is 10.6 Å². The number of nitrogens with two attached hydrogens (primary N) is 1. The van der Waals surface area contributed by atoms with E-state index in [4.69, 9.17) is 15.2 Å². The Morgan fingerprint density at radius 2 is 2.14 bits per heavy atom. The Labute approximate surface area is 212 Å². The zero-order chi connectivity index (χ0) is 25.3. The van der Waals surface area contributed by atoms with Crippen molar-refractivity contribution in [3.63, 3.8) is 0 Å². The van der Waals surface area contributed by atoms with Crippen LogP contribution in [0, 0.1) is 5.92 Å². The summed E-state index contributed by atoms with van der Waals surface area (Å²) in [5, 5.41) is -0.217. The molecule has 1 aliphatic carbocycles. The van der Waals surface area contributed by atoms with E-state index < -0.39 is 21.8 Å². The molecule has 3 aromatic rings. The molecule has 36 heavy (non-hydrogen) atoms. The third-order valence-corrected chi connectivity index (χ3v) is 9.03. The molecule has 0 radical (unpaired) electrons. The van der Waals surface area contributed by atoms with Crippen LogP contribution < -0.4 is 15.2 Å². The van der Waals surface area contributed by atoms with Gasteiger partial charge in [0, 0.05) is 12.8 Å². The van der Waals surface area contributed by atoms with Crippen molar-refractivity contribution in [2.24, 2.45) is 11.7 Å². The van der Waals surface area contributed by atoms with E-state index in [2.05, 4.69) is 24.7 Å². The van der Waals surface area contributed by atoms with Gasteiger partial charge in [-0.3, -0.25) is 19.5 Å². The van der Waals surface area contributed by atoms with E-state index in [9.17, 15) is 13.2 Å². The van der Waals surface area contributed by atoms with E-state index in [0.717, 1.165) is 17.8 Å². The highest BCUT2D eigenvalue weighted by Crippen LogP contribution is 2.43. The molecule has 0 aromatic carbocycles. The molecule has 0 unspecified atom stereocenters. The van der Waals surface area contributed by atoms with Crippen molar-refractivity contribution in [2.45, 2.75) is 37.4 Å². The summed E-state index contributed by atoms with van der Waals surface area (Å²) >= 11 is 1.13. The molecule has 5 rings (SSSR count). The van der Waals surface area contributed by atoms with Crippen LogP contribution in [0.2, 0.25) is 0 Å². The van der Waals surface area contributed by atoms with Crippen LogP contribution in [0.3, 0.4) is 0 Å². The van der Waals surface area contributed by atoms with E-state index in [1.807, 2.05) is 6.92 Å². The fourth-order valence-electron chi connectivity index (χ4n) is 4.23. The Bertz CT molecular complexity index is 1370. The fourth-order valence-corrected chi connectivity index (χ4v) is 6.53. The first kappa shape index (κ1) is 24.5. The van der Waals surface area contributed by atoms with Gasteiger partial charge in [0.05, 0.1) is 58.7 Å². The van der Waals surface area contributed by atoms with Gasteiger partial charge in [-0.2, -0.15) is 0 Å². The number of thiazole rings is 1. The van der Waals surface area contributed by atoms with Gasteiger partial charge in [0.15, 0.2) is 5.01 Å². The number of aromatic nitrogens is 4. The second-order valence-electron chi connectivity index (χ2n) is 8.69. The molecular weight excluding hydrogens is 504 g/mol. The summed E-state index contributed by atoms with van der Waals surface area (Å²) in [6.07, 6.45) is 6.74. The quantitative estimate of drug-likeness (QED) is 0.401. The van der Waals surface area contributed by atoms with Crippen molar-refractivity contribution in [1.82, 2.24) is 19.9 Å². The lowest BCUT2D eigenvalue weighted by Crippen LogP contribution is -2.20. The van der Waals surface area contributed by atoms with Crippen LogP contribution in [0.5, 0.6) is 5.88 Å². The van der Waals surface area contributed by atoms with Crippen LogP contribution in [0.15, 0.2) is 30.7 Å².